The first-order valence-electron chi connectivity index (χ1n) is 9.22. The topological polar surface area (TPSA) is 51.0 Å². The van der Waals surface area contributed by atoms with Gasteiger partial charge in [-0.3, -0.25) is 0 Å². The van der Waals surface area contributed by atoms with Crippen molar-refractivity contribution in [3.05, 3.63) is 108 Å². The Morgan fingerprint density at radius 2 is 1.50 bits per heavy atom. The van der Waals surface area contributed by atoms with Crippen LogP contribution in [0.3, 0.4) is 0 Å². The van der Waals surface area contributed by atoms with Crippen molar-refractivity contribution in [2.24, 2.45) is 0 Å². The molecule has 28 heavy (non-hydrogen) atoms. The maximum absolute atomic E-state index is 14.5. The van der Waals surface area contributed by atoms with Crippen LogP contribution < -0.4 is 5.32 Å². The highest BCUT2D eigenvalue weighted by Gasteiger charge is 2.23. The lowest BCUT2D eigenvalue weighted by molar-refractivity contribution is 0.430. The summed E-state index contributed by atoms with van der Waals surface area (Å²) in [4.78, 5) is 0. The van der Waals surface area contributed by atoms with Gasteiger partial charge in [0.25, 0.3) is 0 Å². The van der Waals surface area contributed by atoms with Gasteiger partial charge in [-0.2, -0.15) is 0 Å². The highest BCUT2D eigenvalue weighted by molar-refractivity contribution is 5.51. The van der Waals surface area contributed by atoms with Crippen LogP contribution >= 0.6 is 0 Å². The lowest BCUT2D eigenvalue weighted by atomic mass is 10.1. The lowest BCUT2D eigenvalue weighted by Crippen LogP contribution is -2.26. The molecule has 0 aliphatic heterocycles. The predicted octanol–water partition coefficient (Wildman–Crippen LogP) is 4.80. The van der Waals surface area contributed by atoms with Gasteiger partial charge >= 0.3 is 0 Å². The van der Waals surface area contributed by atoms with E-state index in [2.05, 4.69) is 27.6 Å². The van der Waals surface area contributed by atoms with Crippen LogP contribution in [0.15, 0.2) is 89.3 Å². The average Bonchev–Trinajstić information content (AvgIpc) is 3.23. The molecule has 1 aromatic heterocycles. The van der Waals surface area contributed by atoms with Crippen LogP contribution in [-0.2, 0) is 6.42 Å². The maximum Gasteiger partial charge on any atom is 0.247 e. The van der Waals surface area contributed by atoms with Crippen molar-refractivity contribution < 1.29 is 8.81 Å². The van der Waals surface area contributed by atoms with Crippen molar-refractivity contribution >= 4 is 0 Å². The smallest absolute Gasteiger partial charge is 0.247 e. The van der Waals surface area contributed by atoms with Gasteiger partial charge in [-0.1, -0.05) is 66.7 Å². The van der Waals surface area contributed by atoms with Gasteiger partial charge < -0.3 is 9.73 Å². The van der Waals surface area contributed by atoms with Gasteiger partial charge in [0.15, 0.2) is 0 Å². The Morgan fingerprint density at radius 1 is 0.821 bits per heavy atom. The van der Waals surface area contributed by atoms with E-state index in [-0.39, 0.29) is 5.82 Å². The molecule has 0 radical (unpaired) electrons. The molecule has 1 unspecified atom stereocenters. The first kappa shape index (κ1) is 18.1. The fourth-order valence-electron chi connectivity index (χ4n) is 3.09. The molecule has 1 atom stereocenters. The number of hydrogen-bond acceptors (Lipinski definition) is 4. The minimum absolute atomic E-state index is 0.306. The largest absolute Gasteiger partial charge is 0.419 e. The molecule has 140 valence electrons. The SMILES string of the molecule is Fc1ccccc1C(NCCc1ccccc1)c1nnc(-c2ccccc2)o1. The molecule has 0 amide bonds. The van der Waals surface area contributed by atoms with Gasteiger partial charge in [0.05, 0.1) is 0 Å². The Balaban J connectivity index is 1.58. The zero-order chi connectivity index (χ0) is 19.2. The number of aromatic nitrogens is 2. The summed E-state index contributed by atoms with van der Waals surface area (Å²) < 4.78 is 20.4. The van der Waals surface area contributed by atoms with Crippen LogP contribution in [-0.4, -0.2) is 16.7 Å². The van der Waals surface area contributed by atoms with Crippen molar-refractivity contribution in [1.29, 1.82) is 0 Å². The van der Waals surface area contributed by atoms with E-state index in [9.17, 15) is 4.39 Å². The molecule has 4 nitrogen and oxygen atoms in total. The van der Waals surface area contributed by atoms with E-state index in [0.29, 0.717) is 23.9 Å². The molecule has 4 aromatic rings. The Bertz CT molecular complexity index is 1020. The third-order valence-electron chi connectivity index (χ3n) is 4.53. The second-order valence-corrected chi connectivity index (χ2v) is 6.46. The first-order chi connectivity index (χ1) is 13.8. The van der Waals surface area contributed by atoms with Crippen LogP contribution in [0.4, 0.5) is 4.39 Å². The molecular weight excluding hydrogens is 353 g/mol. The number of halogens is 1. The maximum atomic E-state index is 14.5. The molecule has 0 spiro atoms. The Hall–Kier alpha value is -3.31. The number of hydrogen-bond donors (Lipinski definition) is 1. The minimum atomic E-state index is -0.519. The van der Waals surface area contributed by atoms with E-state index in [1.807, 2.05) is 48.5 Å². The monoisotopic (exact) mass is 373 g/mol. The second-order valence-electron chi connectivity index (χ2n) is 6.46. The Kier molecular flexibility index (Phi) is 5.54. The predicted molar refractivity (Wildman–Crippen MR) is 106 cm³/mol. The summed E-state index contributed by atoms with van der Waals surface area (Å²) in [6.45, 7) is 0.645. The molecule has 1 N–H and O–H groups in total. The third-order valence-corrected chi connectivity index (χ3v) is 4.53. The van der Waals surface area contributed by atoms with E-state index in [1.165, 1.54) is 11.6 Å². The van der Waals surface area contributed by atoms with Gasteiger partial charge in [0.1, 0.15) is 11.9 Å². The van der Waals surface area contributed by atoms with E-state index in [0.717, 1.165) is 12.0 Å². The van der Waals surface area contributed by atoms with Crippen molar-refractivity contribution in [3.8, 4) is 11.5 Å². The zero-order valence-electron chi connectivity index (χ0n) is 15.3. The van der Waals surface area contributed by atoms with Crippen LogP contribution in [0.1, 0.15) is 23.1 Å². The molecule has 0 saturated carbocycles. The standard InChI is InChI=1S/C23H20FN3O/c24-20-14-8-7-13-19(20)21(25-16-15-17-9-3-1-4-10-17)23-27-26-22(28-23)18-11-5-2-6-12-18/h1-14,21,25H,15-16H2. The summed E-state index contributed by atoms with van der Waals surface area (Å²) in [7, 11) is 0. The van der Waals surface area contributed by atoms with Crippen molar-refractivity contribution in [2.45, 2.75) is 12.5 Å². The lowest BCUT2D eigenvalue weighted by Gasteiger charge is -2.16. The first-order valence-corrected chi connectivity index (χ1v) is 9.22. The van der Waals surface area contributed by atoms with Gasteiger partial charge in [-0.25, -0.2) is 4.39 Å². The summed E-state index contributed by atoms with van der Waals surface area (Å²) in [6.07, 6.45) is 0.811. The third kappa shape index (κ3) is 4.15. The molecule has 0 aliphatic carbocycles. The normalized spacial score (nSPS) is 12.0. The Morgan fingerprint density at radius 3 is 2.25 bits per heavy atom. The van der Waals surface area contributed by atoms with Gasteiger partial charge in [0.2, 0.25) is 11.8 Å². The molecule has 1 heterocycles. The van der Waals surface area contributed by atoms with E-state index in [1.54, 1.807) is 18.2 Å². The van der Waals surface area contributed by atoms with Crippen LogP contribution in [0.5, 0.6) is 0 Å². The summed E-state index contributed by atoms with van der Waals surface area (Å²) in [5.74, 6) is 0.456. The van der Waals surface area contributed by atoms with Gasteiger partial charge in [-0.05, 0) is 30.2 Å². The van der Waals surface area contributed by atoms with Crippen LogP contribution in [0.2, 0.25) is 0 Å². The minimum Gasteiger partial charge on any atom is -0.419 e. The highest BCUT2D eigenvalue weighted by atomic mass is 19.1. The average molecular weight is 373 g/mol. The van der Waals surface area contributed by atoms with Gasteiger partial charge in [-0.15, -0.1) is 10.2 Å². The second kappa shape index (κ2) is 8.59. The summed E-state index contributed by atoms with van der Waals surface area (Å²) >= 11 is 0. The molecule has 0 saturated heterocycles. The van der Waals surface area contributed by atoms with E-state index < -0.39 is 6.04 Å². The molecular formula is C23H20FN3O. The number of rotatable bonds is 7. The highest BCUT2D eigenvalue weighted by Crippen LogP contribution is 2.26. The van der Waals surface area contributed by atoms with E-state index >= 15 is 0 Å². The molecule has 0 fully saturated rings. The van der Waals surface area contributed by atoms with Crippen molar-refractivity contribution in [2.75, 3.05) is 6.54 Å². The quantitative estimate of drug-likeness (QED) is 0.506. The molecule has 5 heteroatoms. The van der Waals surface area contributed by atoms with Gasteiger partial charge in [0, 0.05) is 17.7 Å². The molecule has 0 bridgehead atoms. The molecule has 0 aliphatic rings. The fourth-order valence-corrected chi connectivity index (χ4v) is 3.09. The summed E-state index contributed by atoms with van der Waals surface area (Å²) in [6, 6.07) is 25.8. The fraction of sp³-hybridized carbons (Fsp3) is 0.130. The number of benzene rings is 3. The summed E-state index contributed by atoms with van der Waals surface area (Å²) in [5.41, 5.74) is 2.52. The van der Waals surface area contributed by atoms with Crippen LogP contribution in [0, 0.1) is 5.82 Å². The molecule has 4 rings (SSSR count). The van der Waals surface area contributed by atoms with Crippen molar-refractivity contribution in [3.63, 3.8) is 0 Å². The summed E-state index contributed by atoms with van der Waals surface area (Å²) in [5, 5.41) is 11.7. The van der Waals surface area contributed by atoms with Crippen LogP contribution in [0.25, 0.3) is 11.5 Å². The number of nitrogens with zero attached hydrogens (tertiary/aromatic N) is 2. The Labute approximate surface area is 163 Å². The van der Waals surface area contributed by atoms with E-state index in [4.69, 9.17) is 4.42 Å². The molecule has 3 aromatic carbocycles. The zero-order valence-corrected chi connectivity index (χ0v) is 15.3. The number of nitrogens with one attached hydrogen (secondary N) is 1. The van der Waals surface area contributed by atoms with Crippen molar-refractivity contribution in [1.82, 2.24) is 15.5 Å².